The summed E-state index contributed by atoms with van der Waals surface area (Å²) in [6.45, 7) is 1.83. The van der Waals surface area contributed by atoms with E-state index in [4.69, 9.17) is 10.2 Å². The number of aromatic nitrogens is 1. The Morgan fingerprint density at radius 3 is 2.44 bits per heavy atom. The maximum absolute atomic E-state index is 11.6. The van der Waals surface area contributed by atoms with Gasteiger partial charge in [-0.05, 0) is 43.3 Å². The van der Waals surface area contributed by atoms with Gasteiger partial charge in [0.15, 0.2) is 0 Å². The molecule has 0 radical (unpaired) electrons. The second-order valence-corrected chi connectivity index (χ2v) is 8.07. The highest BCUT2D eigenvalue weighted by Crippen LogP contribution is 2.26. The van der Waals surface area contributed by atoms with Crippen LogP contribution in [-0.2, 0) is 38.3 Å². The number of hydrogen-bond donors (Lipinski definition) is 5. The Bertz CT molecular complexity index is 922. The number of benzene rings is 1. The zero-order valence-electron chi connectivity index (χ0n) is 14.9. The molecule has 0 saturated carbocycles. The Morgan fingerprint density at radius 1 is 1.19 bits per heavy atom. The van der Waals surface area contributed by atoms with Crippen LogP contribution in [0.15, 0.2) is 18.2 Å². The highest BCUT2D eigenvalue weighted by atomic mass is 32.2. The number of aromatic amines is 1. The summed E-state index contributed by atoms with van der Waals surface area (Å²) in [4.78, 5) is 22.7. The molecular formula is C17H23N3O6S. The van der Waals surface area contributed by atoms with E-state index in [2.05, 4.69) is 15.0 Å². The summed E-state index contributed by atoms with van der Waals surface area (Å²) in [7, 11) is -1.78. The van der Waals surface area contributed by atoms with Gasteiger partial charge in [-0.15, -0.1) is 0 Å². The van der Waals surface area contributed by atoms with Crippen molar-refractivity contribution in [1.29, 1.82) is 0 Å². The summed E-state index contributed by atoms with van der Waals surface area (Å²) in [5.41, 5.74) is 4.44. The van der Waals surface area contributed by atoms with Crippen LogP contribution < -0.4 is 10.0 Å². The quantitative estimate of drug-likeness (QED) is 0.484. The molecule has 0 spiro atoms. The van der Waals surface area contributed by atoms with Crippen molar-refractivity contribution in [2.45, 2.75) is 31.6 Å². The lowest BCUT2D eigenvalue weighted by Crippen LogP contribution is -2.23. The van der Waals surface area contributed by atoms with Crippen LogP contribution in [0.4, 0.5) is 0 Å². The molecular weight excluding hydrogens is 374 g/mol. The number of carboxylic acids is 2. The van der Waals surface area contributed by atoms with Crippen LogP contribution in [0.25, 0.3) is 10.9 Å². The fraction of sp³-hybridized carbons (Fsp3) is 0.412. The molecule has 1 aromatic carbocycles. The largest absolute Gasteiger partial charge is 0.481 e. The van der Waals surface area contributed by atoms with Gasteiger partial charge < -0.3 is 20.5 Å². The molecule has 0 bridgehead atoms. The Hall–Kier alpha value is -2.43. The van der Waals surface area contributed by atoms with Gasteiger partial charge in [0.2, 0.25) is 10.0 Å². The van der Waals surface area contributed by atoms with Gasteiger partial charge in [-0.2, -0.15) is 0 Å². The van der Waals surface area contributed by atoms with Crippen LogP contribution in [-0.4, -0.2) is 49.1 Å². The Kier molecular flexibility index (Phi) is 6.94. The number of rotatable bonds is 6. The lowest BCUT2D eigenvalue weighted by Gasteiger charge is -2.12. The normalized spacial score (nSPS) is 13.5. The van der Waals surface area contributed by atoms with Crippen molar-refractivity contribution < 1.29 is 28.2 Å². The highest BCUT2D eigenvalue weighted by molar-refractivity contribution is 7.88. The van der Waals surface area contributed by atoms with Gasteiger partial charge in [0.05, 0.1) is 18.6 Å². The van der Waals surface area contributed by atoms with Crippen LogP contribution >= 0.6 is 0 Å². The van der Waals surface area contributed by atoms with E-state index in [1.165, 1.54) is 18.3 Å². The van der Waals surface area contributed by atoms with E-state index in [1.54, 1.807) is 0 Å². The predicted molar refractivity (Wildman–Crippen MR) is 99.9 cm³/mol. The third-order valence-electron chi connectivity index (χ3n) is 4.13. The topological polar surface area (TPSA) is 149 Å². The van der Waals surface area contributed by atoms with Crippen LogP contribution in [0, 0.1) is 0 Å². The van der Waals surface area contributed by atoms with Gasteiger partial charge in [0.25, 0.3) is 0 Å². The van der Waals surface area contributed by atoms with Crippen molar-refractivity contribution in [2.75, 3.05) is 13.6 Å². The number of aliphatic carboxylic acids is 2. The predicted octanol–water partition coefficient (Wildman–Crippen LogP) is 0.799. The number of sulfonamides is 1. The molecule has 10 heteroatoms. The first-order chi connectivity index (χ1) is 12.7. The highest BCUT2D eigenvalue weighted by Gasteiger charge is 2.16. The van der Waals surface area contributed by atoms with Crippen LogP contribution in [0.2, 0.25) is 0 Å². The minimum atomic E-state index is -3.22. The van der Waals surface area contributed by atoms with E-state index in [0.717, 1.165) is 36.0 Å². The number of hydrogen-bond acceptors (Lipinski definition) is 5. The molecule has 1 aliphatic rings. The molecule has 148 valence electrons. The maximum Gasteiger partial charge on any atom is 0.303 e. The summed E-state index contributed by atoms with van der Waals surface area (Å²) in [6.07, 6.45) is 0.391. The Labute approximate surface area is 156 Å². The standard InChI is InChI=1S/C13H17N3O2S.C4H6O4/c1-14-19(17,18)8-9-2-3-12-11(6-9)10-4-5-15-7-13(10)16-12;5-3(6)1-2-4(7)8/h2-3,6,14-16H,4-5,7-8H2,1H3;1-2H2,(H,5,6)(H,7,8). The number of H-pyrrole nitrogens is 1. The average molecular weight is 397 g/mol. The fourth-order valence-electron chi connectivity index (χ4n) is 2.81. The minimum Gasteiger partial charge on any atom is -0.481 e. The number of carboxylic acid groups (broad SMARTS) is 2. The van der Waals surface area contributed by atoms with Gasteiger partial charge in [-0.3, -0.25) is 9.59 Å². The SMILES string of the molecule is CNS(=O)(=O)Cc1ccc2[nH]c3c(c2c1)CCNC3.O=C(O)CCC(=O)O. The number of nitrogens with one attached hydrogen (secondary N) is 3. The molecule has 9 nitrogen and oxygen atoms in total. The summed E-state index contributed by atoms with van der Waals surface area (Å²) in [5, 5.41) is 20.3. The summed E-state index contributed by atoms with van der Waals surface area (Å²) in [6, 6.07) is 5.83. The van der Waals surface area contributed by atoms with E-state index >= 15 is 0 Å². The summed E-state index contributed by atoms with van der Waals surface area (Å²) in [5.74, 6) is -2.13. The summed E-state index contributed by atoms with van der Waals surface area (Å²) < 4.78 is 25.6. The van der Waals surface area contributed by atoms with E-state index in [0.29, 0.717) is 0 Å². The van der Waals surface area contributed by atoms with E-state index in [-0.39, 0.29) is 18.6 Å². The van der Waals surface area contributed by atoms with Crippen LogP contribution in [0.1, 0.15) is 29.7 Å². The molecule has 27 heavy (non-hydrogen) atoms. The van der Waals surface area contributed by atoms with Gasteiger partial charge >= 0.3 is 11.9 Å². The first-order valence-corrected chi connectivity index (χ1v) is 10.0. The van der Waals surface area contributed by atoms with E-state index in [1.807, 2.05) is 18.2 Å². The minimum absolute atomic E-state index is 0.0254. The van der Waals surface area contributed by atoms with Gasteiger partial charge in [-0.1, -0.05) is 6.07 Å². The summed E-state index contributed by atoms with van der Waals surface area (Å²) >= 11 is 0. The van der Waals surface area contributed by atoms with Crippen molar-refractivity contribution in [2.24, 2.45) is 0 Å². The maximum atomic E-state index is 11.6. The third kappa shape index (κ3) is 6.05. The zero-order valence-corrected chi connectivity index (χ0v) is 15.7. The molecule has 5 N–H and O–H groups in total. The first kappa shape index (κ1) is 20.9. The van der Waals surface area contributed by atoms with E-state index < -0.39 is 22.0 Å². The lowest BCUT2D eigenvalue weighted by atomic mass is 10.0. The van der Waals surface area contributed by atoms with Crippen LogP contribution in [0.3, 0.4) is 0 Å². The molecule has 1 aromatic heterocycles. The van der Waals surface area contributed by atoms with Crippen molar-refractivity contribution in [3.63, 3.8) is 0 Å². The lowest BCUT2D eigenvalue weighted by molar-refractivity contribution is -0.143. The molecule has 2 heterocycles. The van der Waals surface area contributed by atoms with Crippen molar-refractivity contribution in [3.05, 3.63) is 35.0 Å². The smallest absolute Gasteiger partial charge is 0.303 e. The average Bonchev–Trinajstić information content (AvgIpc) is 2.98. The zero-order chi connectivity index (χ0) is 20.0. The molecule has 3 rings (SSSR count). The molecule has 0 fully saturated rings. The second-order valence-electron chi connectivity index (χ2n) is 6.14. The van der Waals surface area contributed by atoms with Crippen LogP contribution in [0.5, 0.6) is 0 Å². The fourth-order valence-corrected chi connectivity index (χ4v) is 3.57. The number of fused-ring (bicyclic) bond motifs is 3. The van der Waals surface area contributed by atoms with Gasteiger partial charge in [0.1, 0.15) is 0 Å². The molecule has 0 aliphatic carbocycles. The first-order valence-electron chi connectivity index (χ1n) is 8.39. The number of carbonyl (C=O) groups is 2. The molecule has 0 atom stereocenters. The molecule has 0 unspecified atom stereocenters. The Balaban J connectivity index is 0.000000279. The van der Waals surface area contributed by atoms with Crippen molar-refractivity contribution in [1.82, 2.24) is 15.0 Å². The molecule has 0 saturated heterocycles. The molecule has 2 aromatic rings. The monoisotopic (exact) mass is 397 g/mol. The second kappa shape index (κ2) is 8.98. The molecule has 0 amide bonds. The van der Waals surface area contributed by atoms with Crippen molar-refractivity contribution in [3.8, 4) is 0 Å². The van der Waals surface area contributed by atoms with Crippen molar-refractivity contribution >= 4 is 32.9 Å². The van der Waals surface area contributed by atoms with Gasteiger partial charge in [0, 0.05) is 23.1 Å². The molecule has 1 aliphatic heterocycles. The van der Waals surface area contributed by atoms with Gasteiger partial charge in [-0.25, -0.2) is 13.1 Å². The third-order valence-corrected chi connectivity index (χ3v) is 5.47. The Morgan fingerprint density at radius 2 is 1.85 bits per heavy atom. The van der Waals surface area contributed by atoms with E-state index in [9.17, 15) is 18.0 Å².